The quantitative estimate of drug-likeness (QED) is 0.745. The summed E-state index contributed by atoms with van der Waals surface area (Å²) in [5.41, 5.74) is 2.15. The van der Waals surface area contributed by atoms with Gasteiger partial charge in [0.15, 0.2) is 0 Å². The van der Waals surface area contributed by atoms with E-state index in [1.165, 1.54) is 44.1 Å². The van der Waals surface area contributed by atoms with Gasteiger partial charge in [0.2, 0.25) is 0 Å². The van der Waals surface area contributed by atoms with Crippen LogP contribution in [0.4, 0.5) is 0 Å². The minimum atomic E-state index is -0.0226. The molecule has 1 saturated carbocycles. The molecule has 0 aromatic heterocycles. The number of aromatic hydroxyl groups is 1. The number of ketones is 1. The number of phenolic OH excluding ortho intramolecular Hbond substituents is 1. The number of carbonyl (C=O) groups is 1. The molecule has 2 aliphatic carbocycles. The third-order valence-electron chi connectivity index (χ3n) is 5.01. The van der Waals surface area contributed by atoms with Gasteiger partial charge in [-0.05, 0) is 30.4 Å². The average Bonchev–Trinajstić information content (AvgIpc) is 2.41. The molecule has 2 atom stereocenters. The number of carbonyl (C=O) groups excluding carboxylic acids is 1. The largest absolute Gasteiger partial charge is 0.508 e. The van der Waals surface area contributed by atoms with Crippen LogP contribution >= 0.6 is 0 Å². The van der Waals surface area contributed by atoms with E-state index in [1.807, 2.05) is 6.07 Å². The third-order valence-corrected chi connectivity index (χ3v) is 5.01. The fraction of sp³-hybridized carbons (Fsp3) is 0.611. The molecular formula is C18H24O2. The molecule has 20 heavy (non-hydrogen) atoms. The molecule has 1 N–H and O–H groups in total. The molecule has 1 fully saturated rings. The molecule has 0 amide bonds. The maximum atomic E-state index is 12.5. The average molecular weight is 272 g/mol. The zero-order valence-corrected chi connectivity index (χ0v) is 12.1. The predicted octanol–water partition coefficient (Wildman–Crippen LogP) is 4.67. The van der Waals surface area contributed by atoms with Gasteiger partial charge < -0.3 is 5.11 Å². The molecule has 0 bridgehead atoms. The van der Waals surface area contributed by atoms with Crippen molar-refractivity contribution in [1.29, 1.82) is 0 Å². The van der Waals surface area contributed by atoms with E-state index in [9.17, 15) is 9.90 Å². The van der Waals surface area contributed by atoms with E-state index in [1.54, 1.807) is 6.07 Å². The highest BCUT2D eigenvalue weighted by molar-refractivity contribution is 5.91. The second-order valence-electron chi connectivity index (χ2n) is 6.34. The lowest BCUT2D eigenvalue weighted by molar-refractivity contribution is -0.122. The number of rotatable bonds is 0. The Kier molecular flexibility index (Phi) is 4.09. The summed E-state index contributed by atoms with van der Waals surface area (Å²) < 4.78 is 0. The second kappa shape index (κ2) is 5.99. The zero-order chi connectivity index (χ0) is 13.9. The Labute approximate surface area is 121 Å². The number of phenols is 1. The molecule has 2 unspecified atom stereocenters. The highest BCUT2D eigenvalue weighted by Gasteiger charge is 2.42. The minimum Gasteiger partial charge on any atom is -0.508 e. The van der Waals surface area contributed by atoms with Crippen molar-refractivity contribution >= 4 is 5.78 Å². The first kappa shape index (κ1) is 13.7. The van der Waals surface area contributed by atoms with Crippen LogP contribution in [0.3, 0.4) is 0 Å². The fourth-order valence-electron chi connectivity index (χ4n) is 3.93. The summed E-state index contributed by atoms with van der Waals surface area (Å²) in [4.78, 5) is 12.5. The fourth-order valence-corrected chi connectivity index (χ4v) is 3.93. The molecule has 2 heteroatoms. The number of hydrogen-bond donors (Lipinski definition) is 1. The van der Waals surface area contributed by atoms with Crippen molar-refractivity contribution in [3.8, 4) is 5.75 Å². The maximum Gasteiger partial charge on any atom is 0.141 e. The number of benzene rings is 1. The number of fused-ring (bicyclic) bond motifs is 4. The van der Waals surface area contributed by atoms with Crippen molar-refractivity contribution in [2.45, 2.75) is 69.6 Å². The highest BCUT2D eigenvalue weighted by atomic mass is 16.3. The van der Waals surface area contributed by atoms with Crippen LogP contribution in [0.25, 0.3) is 0 Å². The van der Waals surface area contributed by atoms with Crippen LogP contribution in [0.1, 0.15) is 80.8 Å². The van der Waals surface area contributed by atoms with Crippen molar-refractivity contribution in [3.05, 3.63) is 29.3 Å². The van der Waals surface area contributed by atoms with Crippen molar-refractivity contribution in [3.63, 3.8) is 0 Å². The molecule has 2 nitrogen and oxygen atoms in total. The Morgan fingerprint density at radius 3 is 2.45 bits per heavy atom. The summed E-state index contributed by atoms with van der Waals surface area (Å²) in [6, 6.07) is 5.72. The van der Waals surface area contributed by atoms with Gasteiger partial charge in [-0.2, -0.15) is 0 Å². The zero-order valence-electron chi connectivity index (χ0n) is 12.1. The molecule has 1 aromatic carbocycles. The lowest BCUT2D eigenvalue weighted by Gasteiger charge is -2.39. The van der Waals surface area contributed by atoms with Crippen LogP contribution in [-0.4, -0.2) is 10.9 Å². The van der Waals surface area contributed by atoms with E-state index >= 15 is 0 Å². The van der Waals surface area contributed by atoms with Gasteiger partial charge in [-0.15, -0.1) is 0 Å². The van der Waals surface area contributed by atoms with Gasteiger partial charge in [-0.3, -0.25) is 4.79 Å². The lowest BCUT2D eigenvalue weighted by atomic mass is 9.63. The van der Waals surface area contributed by atoms with E-state index in [0.717, 1.165) is 18.4 Å². The first-order valence-electron chi connectivity index (χ1n) is 8.13. The summed E-state index contributed by atoms with van der Waals surface area (Å²) in [5, 5.41) is 10.0. The van der Waals surface area contributed by atoms with Crippen LogP contribution in [-0.2, 0) is 4.79 Å². The van der Waals surface area contributed by atoms with Crippen molar-refractivity contribution in [1.82, 2.24) is 0 Å². The Bertz CT molecular complexity index is 492. The van der Waals surface area contributed by atoms with Crippen LogP contribution in [0.5, 0.6) is 5.75 Å². The molecule has 0 spiro atoms. The van der Waals surface area contributed by atoms with Crippen molar-refractivity contribution in [2.75, 3.05) is 0 Å². The lowest BCUT2D eigenvalue weighted by Crippen LogP contribution is -2.31. The van der Waals surface area contributed by atoms with Crippen LogP contribution < -0.4 is 0 Å². The van der Waals surface area contributed by atoms with E-state index in [4.69, 9.17) is 0 Å². The summed E-state index contributed by atoms with van der Waals surface area (Å²) in [7, 11) is 0. The van der Waals surface area contributed by atoms with Gasteiger partial charge in [-0.1, -0.05) is 50.7 Å². The van der Waals surface area contributed by atoms with E-state index < -0.39 is 0 Å². The number of Topliss-reactive ketones (excluding diaryl/α,β-unsaturated/α-hetero) is 1. The molecule has 2 aliphatic rings. The molecular weight excluding hydrogens is 248 g/mol. The Morgan fingerprint density at radius 1 is 0.950 bits per heavy atom. The van der Waals surface area contributed by atoms with E-state index in [0.29, 0.717) is 23.9 Å². The van der Waals surface area contributed by atoms with Crippen LogP contribution in [0.15, 0.2) is 18.2 Å². The normalized spacial score (nSPS) is 27.5. The van der Waals surface area contributed by atoms with Gasteiger partial charge in [0.05, 0.1) is 5.92 Å². The summed E-state index contributed by atoms with van der Waals surface area (Å²) >= 11 is 0. The van der Waals surface area contributed by atoms with Gasteiger partial charge >= 0.3 is 0 Å². The van der Waals surface area contributed by atoms with Crippen molar-refractivity contribution in [2.24, 2.45) is 0 Å². The first-order chi connectivity index (χ1) is 9.79. The molecule has 0 aliphatic heterocycles. The first-order valence-corrected chi connectivity index (χ1v) is 8.13. The molecule has 3 rings (SSSR count). The highest BCUT2D eigenvalue weighted by Crippen LogP contribution is 2.53. The number of hydrogen-bond acceptors (Lipinski definition) is 2. The van der Waals surface area contributed by atoms with Gasteiger partial charge in [0.25, 0.3) is 0 Å². The molecule has 1 aromatic rings. The van der Waals surface area contributed by atoms with Gasteiger partial charge in [0.1, 0.15) is 11.5 Å². The Balaban J connectivity index is 1.82. The molecule has 0 saturated heterocycles. The molecule has 0 radical (unpaired) electrons. The molecule has 0 heterocycles. The third kappa shape index (κ3) is 2.48. The predicted molar refractivity (Wildman–Crippen MR) is 80.1 cm³/mol. The van der Waals surface area contributed by atoms with Gasteiger partial charge in [-0.25, -0.2) is 0 Å². The summed E-state index contributed by atoms with van der Waals surface area (Å²) in [5.74, 6) is 1.02. The van der Waals surface area contributed by atoms with Crippen molar-refractivity contribution < 1.29 is 9.90 Å². The SMILES string of the molecule is O=C1CCCCCCCCCC2c3cccc(O)c3C12. The molecule has 108 valence electrons. The van der Waals surface area contributed by atoms with Gasteiger partial charge in [0, 0.05) is 12.0 Å². The smallest absolute Gasteiger partial charge is 0.141 e. The van der Waals surface area contributed by atoms with E-state index in [2.05, 4.69) is 6.07 Å². The van der Waals surface area contributed by atoms with Crippen LogP contribution in [0, 0.1) is 0 Å². The summed E-state index contributed by atoms with van der Waals surface area (Å²) in [6.45, 7) is 0. The minimum absolute atomic E-state index is 0.0226. The monoisotopic (exact) mass is 272 g/mol. The Hall–Kier alpha value is -1.31. The second-order valence-corrected chi connectivity index (χ2v) is 6.34. The standard InChI is InChI=1S/C18H24O2/c19-15-11-7-5-3-1-2-4-6-9-13-14-10-8-12-16(20)18(14)17(13)15/h8,10,12-13,17,20H,1-7,9,11H2. The van der Waals surface area contributed by atoms with E-state index in [-0.39, 0.29) is 5.92 Å². The van der Waals surface area contributed by atoms with Crippen LogP contribution in [0.2, 0.25) is 0 Å². The summed E-state index contributed by atoms with van der Waals surface area (Å²) in [6.07, 6.45) is 10.4. The Morgan fingerprint density at radius 2 is 1.65 bits per heavy atom. The topological polar surface area (TPSA) is 37.3 Å². The maximum absolute atomic E-state index is 12.5.